The van der Waals surface area contributed by atoms with E-state index < -0.39 is 0 Å². The number of likely N-dealkylation sites (tertiary alicyclic amines) is 1. The van der Waals surface area contributed by atoms with Gasteiger partial charge in [0.2, 0.25) is 5.95 Å². The van der Waals surface area contributed by atoms with Gasteiger partial charge in [0.05, 0.1) is 0 Å². The van der Waals surface area contributed by atoms with E-state index in [2.05, 4.69) is 26.0 Å². The molecule has 4 heteroatoms. The summed E-state index contributed by atoms with van der Waals surface area (Å²) in [6.45, 7) is 4.93. The highest BCUT2D eigenvalue weighted by Gasteiger charge is 2.15. The van der Waals surface area contributed by atoms with E-state index >= 15 is 0 Å². The smallest absolute Gasteiger partial charge is 0.202 e. The number of rotatable bonds is 6. The lowest BCUT2D eigenvalue weighted by Gasteiger charge is -2.24. The lowest BCUT2D eigenvalue weighted by Crippen LogP contribution is -2.25. The maximum atomic E-state index is 4.50. The molecular weight excluding hydrogens is 248 g/mol. The molecule has 4 nitrogen and oxygen atoms in total. The van der Waals surface area contributed by atoms with Crippen LogP contribution in [0.4, 0.5) is 5.95 Å². The Kier molecular flexibility index (Phi) is 4.96. The average molecular weight is 276 g/mol. The van der Waals surface area contributed by atoms with Crippen LogP contribution in [0.15, 0.2) is 12.4 Å². The van der Waals surface area contributed by atoms with E-state index in [9.17, 15) is 0 Å². The largest absolute Gasteiger partial charge is 0.353 e. The summed E-state index contributed by atoms with van der Waals surface area (Å²) < 4.78 is 2.30. The van der Waals surface area contributed by atoms with Gasteiger partial charge in [-0.3, -0.25) is 0 Å². The van der Waals surface area contributed by atoms with Gasteiger partial charge < -0.3 is 14.8 Å². The molecule has 1 aliphatic carbocycles. The van der Waals surface area contributed by atoms with Crippen molar-refractivity contribution in [3.05, 3.63) is 12.4 Å². The lowest BCUT2D eigenvalue weighted by atomic mass is 9.96. The minimum absolute atomic E-state index is 0.642. The summed E-state index contributed by atoms with van der Waals surface area (Å²) in [5.41, 5.74) is 0. The van der Waals surface area contributed by atoms with E-state index in [1.54, 1.807) is 0 Å². The molecule has 0 radical (unpaired) electrons. The van der Waals surface area contributed by atoms with Crippen molar-refractivity contribution < 1.29 is 0 Å². The highest BCUT2D eigenvalue weighted by molar-refractivity contribution is 5.27. The van der Waals surface area contributed by atoms with Crippen LogP contribution in [0, 0.1) is 0 Å². The predicted molar refractivity (Wildman–Crippen MR) is 83.0 cm³/mol. The van der Waals surface area contributed by atoms with E-state index in [-0.39, 0.29) is 0 Å². The molecule has 0 amide bonds. The van der Waals surface area contributed by atoms with Crippen molar-refractivity contribution >= 4 is 5.95 Å². The summed E-state index contributed by atoms with van der Waals surface area (Å²) >= 11 is 0. The Balaban J connectivity index is 1.45. The molecule has 0 unspecified atom stereocenters. The average Bonchev–Trinajstić information content (AvgIpc) is 3.13. The SMILES string of the molecule is c1cn(CCCN2CCCC2)c(NC2CCCCC2)n1. The van der Waals surface area contributed by atoms with E-state index in [0.717, 1.165) is 12.5 Å². The fourth-order valence-electron chi connectivity index (χ4n) is 3.53. The first-order valence-electron chi connectivity index (χ1n) is 8.42. The second-order valence-corrected chi connectivity index (χ2v) is 6.33. The molecule has 1 saturated heterocycles. The number of nitrogens with zero attached hydrogens (tertiary/aromatic N) is 3. The molecule has 0 spiro atoms. The number of aryl methyl sites for hydroxylation is 1. The van der Waals surface area contributed by atoms with E-state index in [1.807, 2.05) is 6.20 Å². The fraction of sp³-hybridized carbons (Fsp3) is 0.812. The maximum absolute atomic E-state index is 4.50. The third-order valence-corrected chi connectivity index (χ3v) is 4.73. The Bertz CT molecular complexity index is 389. The first kappa shape index (κ1) is 13.9. The zero-order chi connectivity index (χ0) is 13.6. The normalized spacial score (nSPS) is 21.4. The zero-order valence-corrected chi connectivity index (χ0v) is 12.6. The van der Waals surface area contributed by atoms with Crippen molar-refractivity contribution in [2.75, 3.05) is 25.0 Å². The molecular formula is C16H28N4. The van der Waals surface area contributed by atoms with Crippen LogP contribution in [0.25, 0.3) is 0 Å². The molecule has 2 aliphatic rings. The number of hydrogen-bond donors (Lipinski definition) is 1. The molecule has 112 valence electrons. The number of hydrogen-bond acceptors (Lipinski definition) is 3. The second-order valence-electron chi connectivity index (χ2n) is 6.33. The molecule has 1 saturated carbocycles. The minimum Gasteiger partial charge on any atom is -0.353 e. The summed E-state index contributed by atoms with van der Waals surface area (Å²) in [4.78, 5) is 7.09. The Morgan fingerprint density at radius 2 is 1.85 bits per heavy atom. The molecule has 0 atom stereocenters. The van der Waals surface area contributed by atoms with Crippen molar-refractivity contribution in [2.24, 2.45) is 0 Å². The van der Waals surface area contributed by atoms with E-state index in [1.165, 1.54) is 71.0 Å². The van der Waals surface area contributed by atoms with Crippen LogP contribution in [0.2, 0.25) is 0 Å². The Morgan fingerprint density at radius 3 is 2.65 bits per heavy atom. The molecule has 1 N–H and O–H groups in total. The molecule has 0 bridgehead atoms. The summed E-state index contributed by atoms with van der Waals surface area (Å²) in [6.07, 6.45) is 14.8. The van der Waals surface area contributed by atoms with Crippen LogP contribution >= 0.6 is 0 Å². The van der Waals surface area contributed by atoms with Gasteiger partial charge in [-0.05, 0) is 51.7 Å². The molecule has 0 aromatic carbocycles. The van der Waals surface area contributed by atoms with Crippen LogP contribution in [0.3, 0.4) is 0 Å². The first-order valence-corrected chi connectivity index (χ1v) is 8.42. The van der Waals surface area contributed by atoms with Crippen LogP contribution in [0.5, 0.6) is 0 Å². The number of aromatic nitrogens is 2. The van der Waals surface area contributed by atoms with Crippen molar-refractivity contribution in [1.29, 1.82) is 0 Å². The predicted octanol–water partition coefficient (Wildman–Crippen LogP) is 3.11. The highest BCUT2D eigenvalue weighted by Crippen LogP contribution is 2.21. The zero-order valence-electron chi connectivity index (χ0n) is 12.6. The molecule has 2 fully saturated rings. The number of anilines is 1. The standard InChI is InChI=1S/C16H28N4/c1-2-7-15(8-3-1)18-16-17-9-14-20(16)13-6-12-19-10-4-5-11-19/h9,14-15H,1-8,10-13H2,(H,17,18). The van der Waals surface area contributed by atoms with Gasteiger partial charge in [-0.15, -0.1) is 0 Å². The van der Waals surface area contributed by atoms with Gasteiger partial charge >= 0.3 is 0 Å². The summed E-state index contributed by atoms with van der Waals surface area (Å²) in [5.74, 6) is 1.08. The first-order chi connectivity index (χ1) is 9.92. The van der Waals surface area contributed by atoms with E-state index in [0.29, 0.717) is 6.04 Å². The van der Waals surface area contributed by atoms with Crippen molar-refractivity contribution in [3.8, 4) is 0 Å². The summed E-state index contributed by atoms with van der Waals surface area (Å²) in [7, 11) is 0. The Hall–Kier alpha value is -1.03. The highest BCUT2D eigenvalue weighted by atomic mass is 15.2. The van der Waals surface area contributed by atoms with Crippen molar-refractivity contribution in [2.45, 2.75) is 64.0 Å². The van der Waals surface area contributed by atoms with Gasteiger partial charge in [0.25, 0.3) is 0 Å². The molecule has 1 aromatic rings. The fourth-order valence-corrected chi connectivity index (χ4v) is 3.53. The van der Waals surface area contributed by atoms with Gasteiger partial charge in [-0.1, -0.05) is 19.3 Å². The lowest BCUT2D eigenvalue weighted by molar-refractivity contribution is 0.325. The van der Waals surface area contributed by atoms with Gasteiger partial charge in [0, 0.05) is 25.0 Å². The number of nitrogens with one attached hydrogen (secondary N) is 1. The number of imidazole rings is 1. The molecule has 20 heavy (non-hydrogen) atoms. The molecule has 3 rings (SSSR count). The molecule has 2 heterocycles. The summed E-state index contributed by atoms with van der Waals surface area (Å²) in [5, 5.41) is 3.65. The van der Waals surface area contributed by atoms with Crippen molar-refractivity contribution in [3.63, 3.8) is 0 Å². The van der Waals surface area contributed by atoms with Crippen LogP contribution in [-0.2, 0) is 6.54 Å². The quantitative estimate of drug-likeness (QED) is 0.866. The van der Waals surface area contributed by atoms with Gasteiger partial charge in [-0.25, -0.2) is 4.98 Å². The molecule has 1 aliphatic heterocycles. The van der Waals surface area contributed by atoms with Gasteiger partial charge in [-0.2, -0.15) is 0 Å². The maximum Gasteiger partial charge on any atom is 0.202 e. The molecule has 1 aromatic heterocycles. The van der Waals surface area contributed by atoms with Gasteiger partial charge in [0.15, 0.2) is 0 Å². The minimum atomic E-state index is 0.642. The van der Waals surface area contributed by atoms with E-state index in [4.69, 9.17) is 0 Å². The Labute approximate surface area is 122 Å². The second kappa shape index (κ2) is 7.11. The third kappa shape index (κ3) is 3.75. The van der Waals surface area contributed by atoms with Gasteiger partial charge in [0.1, 0.15) is 0 Å². The van der Waals surface area contributed by atoms with Crippen LogP contribution in [0.1, 0.15) is 51.4 Å². The van der Waals surface area contributed by atoms with Crippen LogP contribution in [-0.4, -0.2) is 40.1 Å². The Morgan fingerprint density at radius 1 is 1.05 bits per heavy atom. The summed E-state index contributed by atoms with van der Waals surface area (Å²) in [6, 6.07) is 0.642. The van der Waals surface area contributed by atoms with Crippen LogP contribution < -0.4 is 5.32 Å². The topological polar surface area (TPSA) is 33.1 Å². The third-order valence-electron chi connectivity index (χ3n) is 4.73. The van der Waals surface area contributed by atoms with Crippen molar-refractivity contribution in [1.82, 2.24) is 14.5 Å². The monoisotopic (exact) mass is 276 g/mol.